The summed E-state index contributed by atoms with van der Waals surface area (Å²) in [6, 6.07) is 5.33. The van der Waals surface area contributed by atoms with E-state index in [1.165, 1.54) is 29.6 Å². The summed E-state index contributed by atoms with van der Waals surface area (Å²) in [4.78, 5) is 40.6. The van der Waals surface area contributed by atoms with Gasteiger partial charge in [0.25, 0.3) is 5.56 Å². The van der Waals surface area contributed by atoms with Gasteiger partial charge in [0, 0.05) is 20.6 Å². The van der Waals surface area contributed by atoms with Crippen LogP contribution in [0.15, 0.2) is 34.1 Å². The number of rotatable bonds is 5. The molecular weight excluding hydrogens is 393 g/mol. The lowest BCUT2D eigenvalue weighted by Gasteiger charge is -2.09. The van der Waals surface area contributed by atoms with Crippen molar-refractivity contribution in [1.82, 2.24) is 24.0 Å². The molecule has 3 aromatic rings. The SMILES string of the molecule is Cn1c(=O)c2c(ncn2CC(=O)NCCc2cccc(Cl)c2Cl)n(C)c1=O. The van der Waals surface area contributed by atoms with E-state index in [1.54, 1.807) is 12.1 Å². The van der Waals surface area contributed by atoms with Gasteiger partial charge in [-0.25, -0.2) is 9.78 Å². The number of aryl methyl sites for hydroxylation is 1. The fraction of sp³-hybridized carbons (Fsp3) is 0.294. The molecule has 2 heterocycles. The van der Waals surface area contributed by atoms with Crippen molar-refractivity contribution in [2.24, 2.45) is 14.1 Å². The van der Waals surface area contributed by atoms with E-state index in [9.17, 15) is 14.4 Å². The second kappa shape index (κ2) is 7.58. The van der Waals surface area contributed by atoms with Gasteiger partial charge in [-0.2, -0.15) is 0 Å². The Labute approximate surface area is 163 Å². The first-order chi connectivity index (χ1) is 12.8. The van der Waals surface area contributed by atoms with Gasteiger partial charge in [-0.3, -0.25) is 18.7 Å². The van der Waals surface area contributed by atoms with Gasteiger partial charge in [0.05, 0.1) is 16.4 Å². The van der Waals surface area contributed by atoms with Crippen LogP contribution in [-0.4, -0.2) is 31.1 Å². The van der Waals surface area contributed by atoms with E-state index in [2.05, 4.69) is 10.3 Å². The third kappa shape index (κ3) is 3.63. The number of nitrogens with zero attached hydrogens (tertiary/aromatic N) is 4. The molecule has 0 radical (unpaired) electrons. The summed E-state index contributed by atoms with van der Waals surface area (Å²) in [5.74, 6) is -0.289. The lowest BCUT2D eigenvalue weighted by Crippen LogP contribution is -2.38. The number of halogens is 2. The van der Waals surface area contributed by atoms with Crippen LogP contribution < -0.4 is 16.6 Å². The largest absolute Gasteiger partial charge is 0.354 e. The molecule has 27 heavy (non-hydrogen) atoms. The molecule has 0 bridgehead atoms. The molecule has 0 unspecified atom stereocenters. The first-order valence-electron chi connectivity index (χ1n) is 8.11. The van der Waals surface area contributed by atoms with Gasteiger partial charge in [-0.05, 0) is 18.1 Å². The van der Waals surface area contributed by atoms with Gasteiger partial charge in [0.2, 0.25) is 5.91 Å². The molecule has 0 aliphatic carbocycles. The van der Waals surface area contributed by atoms with Gasteiger partial charge in [-0.15, -0.1) is 0 Å². The zero-order valence-corrected chi connectivity index (χ0v) is 16.2. The van der Waals surface area contributed by atoms with Crippen molar-refractivity contribution < 1.29 is 4.79 Å². The van der Waals surface area contributed by atoms with Crippen LogP contribution >= 0.6 is 23.2 Å². The molecule has 2 aromatic heterocycles. The fourth-order valence-corrected chi connectivity index (χ4v) is 3.22. The number of amides is 1. The second-order valence-electron chi connectivity index (χ2n) is 6.06. The van der Waals surface area contributed by atoms with Crippen molar-refractivity contribution in [3.63, 3.8) is 0 Å². The standard InChI is InChI=1S/C17H17Cl2N5O3/c1-22-15-14(16(26)23(2)17(22)27)24(9-21-15)8-12(25)20-7-6-10-4-3-5-11(18)13(10)19/h3-5,9H,6-8H2,1-2H3,(H,20,25). The minimum atomic E-state index is -0.496. The summed E-state index contributed by atoms with van der Waals surface area (Å²) in [6.07, 6.45) is 1.89. The Hall–Kier alpha value is -2.58. The van der Waals surface area contributed by atoms with E-state index in [0.717, 1.165) is 10.1 Å². The Balaban J connectivity index is 1.73. The second-order valence-corrected chi connectivity index (χ2v) is 6.85. The minimum absolute atomic E-state index is 0.0901. The van der Waals surface area contributed by atoms with Crippen molar-refractivity contribution in [3.8, 4) is 0 Å². The molecule has 0 atom stereocenters. The quantitative estimate of drug-likeness (QED) is 0.682. The van der Waals surface area contributed by atoms with E-state index in [1.807, 2.05) is 6.07 Å². The van der Waals surface area contributed by atoms with Crippen molar-refractivity contribution in [2.75, 3.05) is 6.54 Å². The van der Waals surface area contributed by atoms with Crippen LogP contribution in [0.25, 0.3) is 11.2 Å². The summed E-state index contributed by atoms with van der Waals surface area (Å²) in [5.41, 5.74) is 0.306. The summed E-state index contributed by atoms with van der Waals surface area (Å²) in [7, 11) is 2.91. The maximum atomic E-state index is 12.4. The van der Waals surface area contributed by atoms with Crippen molar-refractivity contribution in [3.05, 3.63) is 61.0 Å². The Morgan fingerprint density at radius 1 is 1.19 bits per heavy atom. The average molecular weight is 410 g/mol. The molecule has 8 nitrogen and oxygen atoms in total. The number of nitrogens with one attached hydrogen (secondary N) is 1. The van der Waals surface area contributed by atoms with Gasteiger partial charge in [-0.1, -0.05) is 35.3 Å². The molecule has 10 heteroatoms. The number of aromatic nitrogens is 4. The van der Waals surface area contributed by atoms with Gasteiger partial charge < -0.3 is 9.88 Å². The van der Waals surface area contributed by atoms with Gasteiger partial charge in [0.1, 0.15) is 6.54 Å². The van der Waals surface area contributed by atoms with E-state index < -0.39 is 11.2 Å². The van der Waals surface area contributed by atoms with Crippen LogP contribution in [0.5, 0.6) is 0 Å². The van der Waals surface area contributed by atoms with Crippen LogP contribution in [0.1, 0.15) is 5.56 Å². The first kappa shape index (κ1) is 19.2. The molecule has 1 amide bonds. The van der Waals surface area contributed by atoms with Crippen LogP contribution in [0.2, 0.25) is 10.0 Å². The molecule has 0 saturated carbocycles. The molecule has 142 valence electrons. The maximum absolute atomic E-state index is 12.4. The third-order valence-electron chi connectivity index (χ3n) is 4.28. The van der Waals surface area contributed by atoms with Crippen molar-refractivity contribution in [2.45, 2.75) is 13.0 Å². The lowest BCUT2D eigenvalue weighted by molar-refractivity contribution is -0.121. The zero-order valence-electron chi connectivity index (χ0n) is 14.7. The molecule has 0 spiro atoms. The Morgan fingerprint density at radius 3 is 2.67 bits per heavy atom. The van der Waals surface area contributed by atoms with E-state index >= 15 is 0 Å². The molecular formula is C17H17Cl2N5O3. The van der Waals surface area contributed by atoms with Gasteiger partial charge in [0.15, 0.2) is 11.2 Å². The summed E-state index contributed by atoms with van der Waals surface area (Å²) in [5, 5.41) is 3.71. The normalized spacial score (nSPS) is 11.1. The van der Waals surface area contributed by atoms with Crippen LogP contribution in [0.4, 0.5) is 0 Å². The van der Waals surface area contributed by atoms with E-state index in [4.69, 9.17) is 23.2 Å². The Kier molecular flexibility index (Phi) is 5.38. The number of carbonyl (C=O) groups is 1. The van der Waals surface area contributed by atoms with Crippen molar-refractivity contribution in [1.29, 1.82) is 0 Å². The highest BCUT2D eigenvalue weighted by Gasteiger charge is 2.15. The topological polar surface area (TPSA) is 90.9 Å². The monoisotopic (exact) mass is 409 g/mol. The highest BCUT2D eigenvalue weighted by atomic mass is 35.5. The highest BCUT2D eigenvalue weighted by Crippen LogP contribution is 2.25. The van der Waals surface area contributed by atoms with Gasteiger partial charge >= 0.3 is 5.69 Å². The minimum Gasteiger partial charge on any atom is -0.354 e. The third-order valence-corrected chi connectivity index (χ3v) is 5.14. The predicted molar refractivity (Wildman–Crippen MR) is 103 cm³/mol. The smallest absolute Gasteiger partial charge is 0.332 e. The van der Waals surface area contributed by atoms with Crippen molar-refractivity contribution >= 4 is 40.3 Å². The average Bonchev–Trinajstić information content (AvgIpc) is 3.05. The molecule has 3 rings (SSSR count). The molecule has 0 aliphatic rings. The number of benzene rings is 1. The van der Waals surface area contributed by atoms with Crippen LogP contribution in [-0.2, 0) is 31.9 Å². The number of hydrogen-bond donors (Lipinski definition) is 1. The number of carbonyl (C=O) groups excluding carboxylic acids is 1. The van der Waals surface area contributed by atoms with Crippen LogP contribution in [0.3, 0.4) is 0 Å². The number of imidazole rings is 1. The summed E-state index contributed by atoms with van der Waals surface area (Å²) >= 11 is 12.1. The summed E-state index contributed by atoms with van der Waals surface area (Å²) in [6.45, 7) is 0.273. The molecule has 0 saturated heterocycles. The molecule has 1 aromatic carbocycles. The van der Waals surface area contributed by atoms with E-state index in [-0.39, 0.29) is 23.6 Å². The fourth-order valence-electron chi connectivity index (χ4n) is 2.81. The zero-order chi connectivity index (χ0) is 19.7. The highest BCUT2D eigenvalue weighted by molar-refractivity contribution is 6.42. The Bertz CT molecular complexity index is 1150. The molecule has 0 fully saturated rings. The molecule has 1 N–H and O–H groups in total. The van der Waals surface area contributed by atoms with E-state index in [0.29, 0.717) is 23.0 Å². The Morgan fingerprint density at radius 2 is 1.93 bits per heavy atom. The van der Waals surface area contributed by atoms with Crippen LogP contribution in [0, 0.1) is 0 Å². The number of hydrogen-bond acceptors (Lipinski definition) is 4. The predicted octanol–water partition coefficient (Wildman–Crippen LogP) is 1.10. The first-order valence-corrected chi connectivity index (χ1v) is 8.87. The lowest BCUT2D eigenvalue weighted by atomic mass is 10.1. The molecule has 0 aliphatic heterocycles. The maximum Gasteiger partial charge on any atom is 0.332 e. The number of fused-ring (bicyclic) bond motifs is 1. The summed E-state index contributed by atoms with van der Waals surface area (Å²) < 4.78 is 3.69.